The number of nitro benzene ring substituents is 1. The largest absolute Gasteiger partial charge is 0.496 e. The fourth-order valence-electron chi connectivity index (χ4n) is 3.62. The first-order chi connectivity index (χ1) is 14.6. The summed E-state index contributed by atoms with van der Waals surface area (Å²) in [5, 5.41) is 12.4. The summed E-state index contributed by atoms with van der Waals surface area (Å²) in [4.78, 5) is 26.7. The average Bonchev–Trinajstić information content (AvgIpc) is 3.35. The second kappa shape index (κ2) is 7.34. The number of benzene rings is 1. The molecule has 0 bridgehead atoms. The number of aromatic nitrogens is 3. The number of nitrogens with zero attached hydrogens (tertiary/aromatic N) is 4. The predicted molar refractivity (Wildman–Crippen MR) is 112 cm³/mol. The van der Waals surface area contributed by atoms with Gasteiger partial charge in [0.15, 0.2) is 5.82 Å². The molecular formula is C21H16N4O4S. The Balaban J connectivity index is 1.69. The third-order valence-electron chi connectivity index (χ3n) is 5.02. The number of nitro groups is 1. The number of thiophene rings is 1. The van der Waals surface area contributed by atoms with Gasteiger partial charge in [0.2, 0.25) is 11.6 Å². The predicted octanol–water partition coefficient (Wildman–Crippen LogP) is 4.95. The Kier molecular flexibility index (Phi) is 4.51. The van der Waals surface area contributed by atoms with Gasteiger partial charge in [0.05, 0.1) is 23.5 Å². The van der Waals surface area contributed by atoms with Crippen molar-refractivity contribution in [2.24, 2.45) is 0 Å². The van der Waals surface area contributed by atoms with Crippen LogP contribution in [0.4, 0.5) is 5.69 Å². The number of fused-ring (bicyclic) bond motifs is 3. The van der Waals surface area contributed by atoms with Crippen LogP contribution in [0.2, 0.25) is 0 Å². The molecule has 0 aliphatic heterocycles. The molecular weight excluding hydrogens is 404 g/mol. The maximum atomic E-state index is 11.6. The zero-order chi connectivity index (χ0) is 20.7. The van der Waals surface area contributed by atoms with E-state index in [-0.39, 0.29) is 11.4 Å². The number of pyridine rings is 1. The molecule has 0 radical (unpaired) electrons. The van der Waals surface area contributed by atoms with Gasteiger partial charge in [0.25, 0.3) is 0 Å². The number of ether oxygens (including phenoxy) is 2. The fourth-order valence-corrected chi connectivity index (χ4v) is 4.87. The van der Waals surface area contributed by atoms with E-state index < -0.39 is 4.92 Å². The lowest BCUT2D eigenvalue weighted by Gasteiger charge is -2.10. The zero-order valence-corrected chi connectivity index (χ0v) is 16.8. The van der Waals surface area contributed by atoms with Crippen molar-refractivity contribution in [3.63, 3.8) is 0 Å². The minimum absolute atomic E-state index is 0.107. The van der Waals surface area contributed by atoms with Crippen molar-refractivity contribution in [3.8, 4) is 28.8 Å². The van der Waals surface area contributed by atoms with Crippen LogP contribution in [0.15, 0.2) is 42.7 Å². The van der Waals surface area contributed by atoms with Crippen LogP contribution < -0.4 is 9.47 Å². The third kappa shape index (κ3) is 3.13. The summed E-state index contributed by atoms with van der Waals surface area (Å²) in [6.07, 6.45) is 6.36. The highest BCUT2D eigenvalue weighted by atomic mass is 32.1. The van der Waals surface area contributed by atoms with Crippen molar-refractivity contribution in [2.75, 3.05) is 7.11 Å². The molecule has 3 heterocycles. The van der Waals surface area contributed by atoms with E-state index in [0.29, 0.717) is 17.5 Å². The first-order valence-corrected chi connectivity index (χ1v) is 10.2. The molecule has 0 fully saturated rings. The van der Waals surface area contributed by atoms with Gasteiger partial charge in [-0.3, -0.25) is 15.1 Å². The third-order valence-corrected chi connectivity index (χ3v) is 6.21. The van der Waals surface area contributed by atoms with Crippen LogP contribution in [0.25, 0.3) is 21.6 Å². The molecule has 0 amide bonds. The highest BCUT2D eigenvalue weighted by Gasteiger charge is 2.26. The fraction of sp³-hybridized carbons (Fsp3) is 0.190. The van der Waals surface area contributed by atoms with Gasteiger partial charge >= 0.3 is 5.69 Å². The van der Waals surface area contributed by atoms with Crippen molar-refractivity contribution in [1.82, 2.24) is 15.0 Å². The first kappa shape index (κ1) is 18.4. The highest BCUT2D eigenvalue weighted by molar-refractivity contribution is 7.19. The summed E-state index contributed by atoms with van der Waals surface area (Å²) < 4.78 is 11.2. The molecule has 30 heavy (non-hydrogen) atoms. The molecule has 150 valence electrons. The van der Waals surface area contributed by atoms with Gasteiger partial charge < -0.3 is 9.47 Å². The minimum atomic E-state index is -0.490. The summed E-state index contributed by atoms with van der Waals surface area (Å²) in [6, 6.07) is 8.18. The van der Waals surface area contributed by atoms with Crippen molar-refractivity contribution >= 4 is 27.2 Å². The monoisotopic (exact) mass is 420 g/mol. The van der Waals surface area contributed by atoms with Crippen LogP contribution in [-0.4, -0.2) is 27.0 Å². The van der Waals surface area contributed by atoms with Crippen molar-refractivity contribution < 1.29 is 14.4 Å². The first-order valence-electron chi connectivity index (χ1n) is 9.37. The summed E-state index contributed by atoms with van der Waals surface area (Å²) in [6.45, 7) is 0. The smallest absolute Gasteiger partial charge is 0.315 e. The molecule has 3 aromatic heterocycles. The van der Waals surface area contributed by atoms with E-state index in [0.717, 1.165) is 35.0 Å². The summed E-state index contributed by atoms with van der Waals surface area (Å²) in [5.41, 5.74) is 1.75. The molecule has 1 aromatic carbocycles. The molecule has 8 nitrogen and oxygen atoms in total. The number of hydrogen-bond donors (Lipinski definition) is 0. The van der Waals surface area contributed by atoms with Crippen molar-refractivity contribution in [2.45, 2.75) is 19.3 Å². The van der Waals surface area contributed by atoms with E-state index in [4.69, 9.17) is 14.5 Å². The lowest BCUT2D eigenvalue weighted by Crippen LogP contribution is -1.99. The van der Waals surface area contributed by atoms with Crippen LogP contribution in [0, 0.1) is 10.1 Å². The molecule has 4 aromatic rings. The highest BCUT2D eigenvalue weighted by Crippen LogP contribution is 2.43. The second-order valence-corrected chi connectivity index (χ2v) is 7.91. The van der Waals surface area contributed by atoms with Gasteiger partial charge in [-0.05, 0) is 49.1 Å². The average molecular weight is 420 g/mol. The molecule has 0 atom stereocenters. The summed E-state index contributed by atoms with van der Waals surface area (Å²) in [5.74, 6) is 1.29. The standard InChI is InChI=1S/C21H16N4O4S/c1-28-13-7-8-16(15(10-13)25(26)27)29-20-18-14-5-2-6-17(14)30-21(18)24-19(23-20)12-4-3-9-22-11-12/h3-4,7-11H,2,5-6H2,1H3. The molecule has 5 rings (SSSR count). The minimum Gasteiger partial charge on any atom is -0.496 e. The van der Waals surface area contributed by atoms with Crippen LogP contribution >= 0.6 is 11.3 Å². The van der Waals surface area contributed by atoms with Crippen LogP contribution in [0.3, 0.4) is 0 Å². The molecule has 0 saturated carbocycles. The van der Waals surface area contributed by atoms with Crippen LogP contribution in [0.5, 0.6) is 17.4 Å². The lowest BCUT2D eigenvalue weighted by molar-refractivity contribution is -0.385. The van der Waals surface area contributed by atoms with E-state index in [1.807, 2.05) is 12.1 Å². The van der Waals surface area contributed by atoms with E-state index in [2.05, 4.69) is 9.97 Å². The summed E-state index contributed by atoms with van der Waals surface area (Å²) >= 11 is 1.63. The van der Waals surface area contributed by atoms with Gasteiger partial charge in [-0.25, -0.2) is 4.98 Å². The van der Waals surface area contributed by atoms with Crippen LogP contribution in [0.1, 0.15) is 16.9 Å². The van der Waals surface area contributed by atoms with E-state index in [1.165, 1.54) is 29.7 Å². The van der Waals surface area contributed by atoms with E-state index >= 15 is 0 Å². The summed E-state index contributed by atoms with van der Waals surface area (Å²) in [7, 11) is 1.46. The Bertz CT molecular complexity index is 1270. The topological polar surface area (TPSA) is 100 Å². The number of methoxy groups -OCH3 is 1. The van der Waals surface area contributed by atoms with Gasteiger partial charge in [-0.2, -0.15) is 4.98 Å². The molecule has 0 spiro atoms. The van der Waals surface area contributed by atoms with Gasteiger partial charge in [0.1, 0.15) is 10.6 Å². The Morgan fingerprint density at radius 1 is 1.20 bits per heavy atom. The van der Waals surface area contributed by atoms with E-state index in [9.17, 15) is 10.1 Å². The zero-order valence-electron chi connectivity index (χ0n) is 16.0. The SMILES string of the molecule is COc1ccc(Oc2nc(-c3cccnc3)nc3sc4c(c23)CCC4)c([N+](=O)[O-])c1. The normalized spacial score (nSPS) is 12.7. The molecule has 0 N–H and O–H groups in total. The molecule has 0 saturated heterocycles. The number of hydrogen-bond acceptors (Lipinski definition) is 8. The lowest BCUT2D eigenvalue weighted by atomic mass is 10.2. The van der Waals surface area contributed by atoms with E-state index in [1.54, 1.807) is 29.8 Å². The van der Waals surface area contributed by atoms with Gasteiger partial charge in [-0.15, -0.1) is 11.3 Å². The Hall–Kier alpha value is -3.59. The van der Waals surface area contributed by atoms with Crippen LogP contribution in [-0.2, 0) is 12.8 Å². The van der Waals surface area contributed by atoms with Crippen molar-refractivity contribution in [1.29, 1.82) is 0 Å². The molecule has 9 heteroatoms. The Morgan fingerprint density at radius 3 is 2.87 bits per heavy atom. The van der Waals surface area contributed by atoms with Gasteiger partial charge in [-0.1, -0.05) is 0 Å². The molecule has 0 unspecified atom stereocenters. The van der Waals surface area contributed by atoms with Crippen molar-refractivity contribution in [3.05, 3.63) is 63.3 Å². The molecule has 1 aliphatic rings. The maximum Gasteiger partial charge on any atom is 0.315 e. The number of aryl methyl sites for hydroxylation is 2. The maximum absolute atomic E-state index is 11.6. The molecule has 1 aliphatic carbocycles. The number of rotatable bonds is 5. The Morgan fingerprint density at radius 2 is 2.10 bits per heavy atom. The Labute approximate surface area is 175 Å². The second-order valence-electron chi connectivity index (χ2n) is 6.82. The van der Waals surface area contributed by atoms with Gasteiger partial charge in [0, 0.05) is 22.8 Å². The quantitative estimate of drug-likeness (QED) is 0.332.